The quantitative estimate of drug-likeness (QED) is 0.730. The summed E-state index contributed by atoms with van der Waals surface area (Å²) in [5, 5.41) is 3.15. The number of nitrogens with zero attached hydrogens (tertiary/aromatic N) is 1. The third-order valence-corrected chi connectivity index (χ3v) is 4.65. The Morgan fingerprint density at radius 2 is 1.92 bits per heavy atom. The predicted molar refractivity (Wildman–Crippen MR) is 93.7 cm³/mol. The van der Waals surface area contributed by atoms with Crippen molar-refractivity contribution in [3.05, 3.63) is 52.0 Å². The van der Waals surface area contributed by atoms with Crippen LogP contribution >= 0.6 is 11.3 Å². The highest BCUT2D eigenvalue weighted by Gasteiger charge is 2.22. The van der Waals surface area contributed by atoms with E-state index in [0.29, 0.717) is 22.3 Å². The van der Waals surface area contributed by atoms with Gasteiger partial charge in [-0.1, -0.05) is 0 Å². The van der Waals surface area contributed by atoms with Crippen molar-refractivity contribution in [3.63, 3.8) is 0 Å². The minimum absolute atomic E-state index is 0.177. The molecule has 0 fully saturated rings. The van der Waals surface area contributed by atoms with Crippen LogP contribution < -0.4 is 15.8 Å². The van der Waals surface area contributed by atoms with Gasteiger partial charge in [0.2, 0.25) is 0 Å². The van der Waals surface area contributed by atoms with E-state index in [1.54, 1.807) is 19.1 Å². The molecule has 0 spiro atoms. The van der Waals surface area contributed by atoms with Gasteiger partial charge in [-0.05, 0) is 25.1 Å². The van der Waals surface area contributed by atoms with E-state index in [9.17, 15) is 18.4 Å². The number of fused-ring (bicyclic) bond motifs is 1. The zero-order chi connectivity index (χ0) is 19.0. The normalized spacial score (nSPS) is 10.8. The summed E-state index contributed by atoms with van der Waals surface area (Å²) in [6, 6.07) is 4.64. The number of hydrogen-bond acceptors (Lipinski definition) is 5. The maximum absolute atomic E-state index is 13.6. The van der Waals surface area contributed by atoms with Crippen molar-refractivity contribution in [1.82, 2.24) is 4.98 Å². The molecule has 0 aliphatic rings. The summed E-state index contributed by atoms with van der Waals surface area (Å²) in [5.74, 6) is -3.84. The second-order valence-electron chi connectivity index (χ2n) is 5.35. The van der Waals surface area contributed by atoms with Gasteiger partial charge in [-0.2, -0.15) is 0 Å². The Labute approximate surface area is 150 Å². The number of thiazole rings is 1. The van der Waals surface area contributed by atoms with Gasteiger partial charge in [0, 0.05) is 6.07 Å². The van der Waals surface area contributed by atoms with Crippen molar-refractivity contribution in [1.29, 1.82) is 0 Å². The molecule has 0 radical (unpaired) electrons. The van der Waals surface area contributed by atoms with Crippen LogP contribution in [0, 0.1) is 18.6 Å². The molecule has 134 valence electrons. The maximum atomic E-state index is 13.6. The van der Waals surface area contributed by atoms with Crippen molar-refractivity contribution in [2.75, 3.05) is 12.4 Å². The van der Waals surface area contributed by atoms with Crippen molar-refractivity contribution in [3.8, 4) is 5.75 Å². The number of anilines is 1. The molecule has 0 unspecified atom stereocenters. The fraction of sp³-hybridized carbons (Fsp3) is 0.118. The molecule has 26 heavy (non-hydrogen) atoms. The highest BCUT2D eigenvalue weighted by atomic mass is 32.1. The van der Waals surface area contributed by atoms with E-state index in [1.165, 1.54) is 18.4 Å². The molecule has 2 amide bonds. The van der Waals surface area contributed by atoms with E-state index in [0.717, 1.165) is 5.01 Å². The van der Waals surface area contributed by atoms with E-state index >= 15 is 0 Å². The number of aryl methyl sites for hydroxylation is 1. The highest BCUT2D eigenvalue weighted by molar-refractivity contribution is 7.19. The average molecular weight is 377 g/mol. The number of halogens is 2. The molecule has 0 saturated heterocycles. The summed E-state index contributed by atoms with van der Waals surface area (Å²) in [6.07, 6.45) is 0. The maximum Gasteiger partial charge on any atom is 0.260 e. The Balaban J connectivity index is 2.11. The molecular formula is C17H13F2N3O3S. The first-order valence-electron chi connectivity index (χ1n) is 7.36. The zero-order valence-electron chi connectivity index (χ0n) is 13.7. The third kappa shape index (κ3) is 3.08. The molecule has 0 saturated carbocycles. The largest absolute Gasteiger partial charge is 0.496 e. The van der Waals surface area contributed by atoms with Crippen molar-refractivity contribution >= 4 is 39.1 Å². The highest BCUT2D eigenvalue weighted by Crippen LogP contribution is 2.33. The lowest BCUT2D eigenvalue weighted by Crippen LogP contribution is -2.19. The van der Waals surface area contributed by atoms with Crippen LogP contribution in [0.3, 0.4) is 0 Å². The second kappa shape index (κ2) is 6.68. The molecule has 1 heterocycles. The van der Waals surface area contributed by atoms with Gasteiger partial charge in [-0.25, -0.2) is 13.8 Å². The van der Waals surface area contributed by atoms with Crippen LogP contribution in [0.5, 0.6) is 5.75 Å². The van der Waals surface area contributed by atoms with Crippen LogP contribution in [0.15, 0.2) is 24.3 Å². The van der Waals surface area contributed by atoms with Crippen LogP contribution in [-0.4, -0.2) is 23.9 Å². The van der Waals surface area contributed by atoms with Crippen molar-refractivity contribution in [2.24, 2.45) is 5.73 Å². The predicted octanol–water partition coefficient (Wildman–Crippen LogP) is 3.24. The number of carbonyl (C=O) groups excluding carboxylic acids is 2. The van der Waals surface area contributed by atoms with Crippen LogP contribution in [-0.2, 0) is 0 Å². The Hall–Kier alpha value is -3.07. The van der Waals surface area contributed by atoms with E-state index in [1.807, 2.05) is 0 Å². The van der Waals surface area contributed by atoms with E-state index < -0.39 is 23.4 Å². The standard InChI is InChI=1S/C17H13F2N3O3S/c1-7-21-11-3-4-13(25-2)14(15(11)26-7)17(24)22-12-6-10(19)9(18)5-8(12)16(20)23/h3-6H,1-2H3,(H2,20,23)(H,22,24). The summed E-state index contributed by atoms with van der Waals surface area (Å²) >= 11 is 1.29. The van der Waals surface area contributed by atoms with Crippen LogP contribution in [0.4, 0.5) is 14.5 Å². The minimum Gasteiger partial charge on any atom is -0.496 e. The van der Waals surface area contributed by atoms with Crippen LogP contribution in [0.1, 0.15) is 25.7 Å². The smallest absolute Gasteiger partial charge is 0.260 e. The Bertz CT molecular complexity index is 1050. The molecule has 0 bridgehead atoms. The number of primary amides is 1. The molecule has 3 rings (SSSR count). The van der Waals surface area contributed by atoms with E-state index in [4.69, 9.17) is 10.5 Å². The first-order valence-corrected chi connectivity index (χ1v) is 8.17. The number of ether oxygens (including phenoxy) is 1. The SMILES string of the molecule is COc1ccc2nc(C)sc2c1C(=O)Nc1cc(F)c(F)cc1C(N)=O. The number of nitrogens with two attached hydrogens (primary N) is 1. The van der Waals surface area contributed by atoms with Crippen molar-refractivity contribution < 1.29 is 23.1 Å². The lowest BCUT2D eigenvalue weighted by Gasteiger charge is -2.12. The Morgan fingerprint density at radius 1 is 1.23 bits per heavy atom. The molecule has 2 aromatic carbocycles. The Kier molecular flexibility index (Phi) is 4.56. The lowest BCUT2D eigenvalue weighted by atomic mass is 10.1. The topological polar surface area (TPSA) is 94.3 Å². The summed E-state index contributed by atoms with van der Waals surface area (Å²) in [6.45, 7) is 1.79. The van der Waals surface area contributed by atoms with E-state index in [2.05, 4.69) is 10.3 Å². The zero-order valence-corrected chi connectivity index (χ0v) is 14.5. The van der Waals surface area contributed by atoms with Gasteiger partial charge in [0.15, 0.2) is 11.6 Å². The Morgan fingerprint density at radius 3 is 2.58 bits per heavy atom. The molecule has 3 aromatic rings. The van der Waals surface area contributed by atoms with Crippen molar-refractivity contribution in [2.45, 2.75) is 6.92 Å². The fourth-order valence-electron chi connectivity index (χ4n) is 2.51. The van der Waals surface area contributed by atoms with Gasteiger partial charge in [0.1, 0.15) is 11.3 Å². The number of benzene rings is 2. The second-order valence-corrected chi connectivity index (χ2v) is 6.56. The number of aromatic nitrogens is 1. The van der Waals surface area contributed by atoms with Gasteiger partial charge < -0.3 is 15.8 Å². The molecule has 0 aliphatic carbocycles. The van der Waals surface area contributed by atoms with Gasteiger partial charge in [0.25, 0.3) is 11.8 Å². The summed E-state index contributed by atoms with van der Waals surface area (Å²) in [5.41, 5.74) is 5.38. The van der Waals surface area contributed by atoms with Gasteiger partial charge in [0.05, 0.1) is 33.6 Å². The number of carbonyl (C=O) groups is 2. The number of rotatable bonds is 4. The monoisotopic (exact) mass is 377 g/mol. The first-order chi connectivity index (χ1) is 12.3. The minimum atomic E-state index is -1.24. The van der Waals surface area contributed by atoms with Gasteiger partial charge >= 0.3 is 0 Å². The number of methoxy groups -OCH3 is 1. The first kappa shape index (κ1) is 17.7. The molecule has 1 aromatic heterocycles. The molecule has 0 aliphatic heterocycles. The molecule has 3 N–H and O–H groups in total. The van der Waals surface area contributed by atoms with Crippen LogP contribution in [0.25, 0.3) is 10.2 Å². The van der Waals surface area contributed by atoms with Crippen LogP contribution in [0.2, 0.25) is 0 Å². The summed E-state index contributed by atoms with van der Waals surface area (Å²) < 4.78 is 32.8. The number of hydrogen-bond donors (Lipinski definition) is 2. The summed E-state index contributed by atoms with van der Waals surface area (Å²) in [4.78, 5) is 28.6. The summed E-state index contributed by atoms with van der Waals surface area (Å²) in [7, 11) is 1.40. The lowest BCUT2D eigenvalue weighted by molar-refractivity contribution is 0.100. The fourth-order valence-corrected chi connectivity index (χ4v) is 3.46. The number of nitrogens with one attached hydrogen (secondary N) is 1. The average Bonchev–Trinajstić information content (AvgIpc) is 2.96. The number of amides is 2. The van der Waals surface area contributed by atoms with Gasteiger partial charge in [-0.15, -0.1) is 11.3 Å². The molecule has 0 atom stereocenters. The van der Waals surface area contributed by atoms with E-state index in [-0.39, 0.29) is 22.6 Å². The molecular weight excluding hydrogens is 364 g/mol. The molecule has 9 heteroatoms. The van der Waals surface area contributed by atoms with Gasteiger partial charge in [-0.3, -0.25) is 9.59 Å². The molecule has 6 nitrogen and oxygen atoms in total. The third-order valence-electron chi connectivity index (χ3n) is 3.65.